The van der Waals surface area contributed by atoms with E-state index in [2.05, 4.69) is 21.2 Å². The molecule has 0 saturated heterocycles. The summed E-state index contributed by atoms with van der Waals surface area (Å²) in [4.78, 5) is 12.4. The first kappa shape index (κ1) is 14.7. The van der Waals surface area contributed by atoms with Gasteiger partial charge < -0.3 is 15.0 Å². The summed E-state index contributed by atoms with van der Waals surface area (Å²) in [6, 6.07) is 6.86. The second kappa shape index (κ2) is 5.71. The van der Waals surface area contributed by atoms with Crippen LogP contribution in [0.1, 0.15) is 35.9 Å². The van der Waals surface area contributed by atoms with Crippen LogP contribution >= 0.6 is 15.9 Å². The SMILES string of the molecule is Cc1cc(O)ccc1NC(=O)c1cc(Br)cn1C(C)C. The van der Waals surface area contributed by atoms with Crippen LogP contribution in [0.5, 0.6) is 5.75 Å². The van der Waals surface area contributed by atoms with E-state index in [1.165, 1.54) is 0 Å². The molecule has 0 spiro atoms. The van der Waals surface area contributed by atoms with Crippen molar-refractivity contribution < 1.29 is 9.90 Å². The molecule has 1 amide bonds. The van der Waals surface area contributed by atoms with Crippen molar-refractivity contribution in [2.24, 2.45) is 0 Å². The summed E-state index contributed by atoms with van der Waals surface area (Å²) in [6.07, 6.45) is 1.89. The van der Waals surface area contributed by atoms with Gasteiger partial charge in [0.1, 0.15) is 11.4 Å². The van der Waals surface area contributed by atoms with Gasteiger partial charge in [-0.25, -0.2) is 0 Å². The summed E-state index contributed by atoms with van der Waals surface area (Å²) in [7, 11) is 0. The van der Waals surface area contributed by atoms with Gasteiger partial charge in [0.25, 0.3) is 5.91 Å². The molecule has 0 bridgehead atoms. The number of anilines is 1. The summed E-state index contributed by atoms with van der Waals surface area (Å²) in [5.41, 5.74) is 2.11. The molecule has 1 aromatic heterocycles. The van der Waals surface area contributed by atoms with Crippen molar-refractivity contribution in [2.75, 3.05) is 5.32 Å². The van der Waals surface area contributed by atoms with E-state index in [9.17, 15) is 9.90 Å². The van der Waals surface area contributed by atoms with Crippen LogP contribution in [0.3, 0.4) is 0 Å². The van der Waals surface area contributed by atoms with Gasteiger partial charge in [0.2, 0.25) is 0 Å². The quantitative estimate of drug-likeness (QED) is 0.829. The lowest BCUT2D eigenvalue weighted by atomic mass is 10.2. The van der Waals surface area contributed by atoms with E-state index in [1.54, 1.807) is 24.3 Å². The molecule has 2 N–H and O–H groups in total. The summed E-state index contributed by atoms with van der Waals surface area (Å²) >= 11 is 3.40. The molecule has 106 valence electrons. The maximum atomic E-state index is 12.4. The number of carbonyl (C=O) groups excluding carboxylic acids is 1. The third-order valence-electron chi connectivity index (χ3n) is 3.06. The predicted octanol–water partition coefficient (Wildman–Crippen LogP) is 4.10. The standard InChI is InChI=1S/C15H17BrN2O2/c1-9(2)18-8-11(16)7-14(18)15(20)17-13-5-4-12(19)6-10(13)3/h4-9,19H,1-3H3,(H,17,20). The Bertz CT molecular complexity index is 647. The van der Waals surface area contributed by atoms with Crippen LogP contribution in [-0.2, 0) is 0 Å². The summed E-state index contributed by atoms with van der Waals surface area (Å²) in [5, 5.41) is 12.3. The molecule has 0 aliphatic heterocycles. The molecule has 0 aliphatic rings. The number of hydrogen-bond donors (Lipinski definition) is 2. The molecule has 0 unspecified atom stereocenters. The van der Waals surface area contributed by atoms with Crippen molar-refractivity contribution >= 4 is 27.5 Å². The van der Waals surface area contributed by atoms with Crippen molar-refractivity contribution in [2.45, 2.75) is 26.8 Å². The number of aromatic hydroxyl groups is 1. The predicted molar refractivity (Wildman–Crippen MR) is 83.3 cm³/mol. The first-order chi connectivity index (χ1) is 9.38. The summed E-state index contributed by atoms with van der Waals surface area (Å²) in [6.45, 7) is 5.89. The Hall–Kier alpha value is -1.75. The number of aryl methyl sites for hydroxylation is 1. The number of phenols is 1. The Morgan fingerprint density at radius 2 is 2.05 bits per heavy atom. The van der Waals surface area contributed by atoms with Crippen molar-refractivity contribution in [1.29, 1.82) is 0 Å². The number of rotatable bonds is 3. The van der Waals surface area contributed by atoms with Gasteiger partial charge in [-0.15, -0.1) is 0 Å². The van der Waals surface area contributed by atoms with Gasteiger partial charge in [-0.3, -0.25) is 4.79 Å². The molecule has 1 heterocycles. The lowest BCUT2D eigenvalue weighted by Crippen LogP contribution is -2.18. The molecule has 5 heteroatoms. The third-order valence-corrected chi connectivity index (χ3v) is 3.50. The first-order valence-electron chi connectivity index (χ1n) is 6.37. The molecule has 2 rings (SSSR count). The topological polar surface area (TPSA) is 54.3 Å². The Labute approximate surface area is 126 Å². The lowest BCUT2D eigenvalue weighted by Gasteiger charge is -2.13. The second-order valence-corrected chi connectivity index (χ2v) is 5.91. The van der Waals surface area contributed by atoms with E-state index in [4.69, 9.17) is 0 Å². The maximum Gasteiger partial charge on any atom is 0.272 e. The number of nitrogens with one attached hydrogen (secondary N) is 1. The van der Waals surface area contributed by atoms with Crippen LogP contribution in [0.15, 0.2) is 34.9 Å². The number of nitrogens with zero attached hydrogens (tertiary/aromatic N) is 1. The smallest absolute Gasteiger partial charge is 0.272 e. The highest BCUT2D eigenvalue weighted by atomic mass is 79.9. The van der Waals surface area contributed by atoms with Crippen molar-refractivity contribution in [3.63, 3.8) is 0 Å². The van der Waals surface area contributed by atoms with Crippen LogP contribution in [-0.4, -0.2) is 15.6 Å². The Morgan fingerprint density at radius 1 is 1.35 bits per heavy atom. The molecule has 1 aromatic carbocycles. The average molecular weight is 337 g/mol. The van der Waals surface area contributed by atoms with Gasteiger partial charge in [0, 0.05) is 22.4 Å². The Balaban J connectivity index is 2.28. The molecule has 2 aromatic rings. The van der Waals surface area contributed by atoms with E-state index in [0.29, 0.717) is 11.4 Å². The number of hydrogen-bond acceptors (Lipinski definition) is 2. The lowest BCUT2D eigenvalue weighted by molar-refractivity contribution is 0.101. The maximum absolute atomic E-state index is 12.4. The van der Waals surface area contributed by atoms with Gasteiger partial charge in [-0.1, -0.05) is 0 Å². The molecular weight excluding hydrogens is 320 g/mol. The molecule has 20 heavy (non-hydrogen) atoms. The third kappa shape index (κ3) is 3.04. The minimum Gasteiger partial charge on any atom is -0.508 e. The number of benzene rings is 1. The number of halogens is 1. The molecule has 0 fully saturated rings. The molecular formula is C15H17BrN2O2. The van der Waals surface area contributed by atoms with E-state index in [0.717, 1.165) is 10.0 Å². The van der Waals surface area contributed by atoms with Crippen molar-refractivity contribution in [1.82, 2.24) is 4.57 Å². The normalized spacial score (nSPS) is 10.8. The van der Waals surface area contributed by atoms with Crippen molar-refractivity contribution in [3.05, 3.63) is 46.2 Å². The van der Waals surface area contributed by atoms with E-state index < -0.39 is 0 Å². The van der Waals surface area contributed by atoms with Crippen LogP contribution in [0.4, 0.5) is 5.69 Å². The Morgan fingerprint density at radius 3 is 2.65 bits per heavy atom. The number of amides is 1. The van der Waals surface area contributed by atoms with E-state index in [1.807, 2.05) is 31.5 Å². The summed E-state index contributed by atoms with van der Waals surface area (Å²) < 4.78 is 2.79. The van der Waals surface area contributed by atoms with Gasteiger partial charge in [-0.2, -0.15) is 0 Å². The fraction of sp³-hybridized carbons (Fsp3) is 0.267. The molecule has 0 saturated carbocycles. The fourth-order valence-corrected chi connectivity index (χ4v) is 2.47. The fourth-order valence-electron chi connectivity index (χ4n) is 2.03. The Kier molecular flexibility index (Phi) is 4.18. The average Bonchev–Trinajstić information content (AvgIpc) is 2.75. The number of carbonyl (C=O) groups is 1. The highest BCUT2D eigenvalue weighted by molar-refractivity contribution is 9.10. The highest BCUT2D eigenvalue weighted by Gasteiger charge is 2.15. The minimum atomic E-state index is -0.168. The largest absolute Gasteiger partial charge is 0.508 e. The van der Waals surface area contributed by atoms with E-state index >= 15 is 0 Å². The molecule has 4 nitrogen and oxygen atoms in total. The van der Waals surface area contributed by atoms with Gasteiger partial charge in [0.05, 0.1) is 0 Å². The minimum absolute atomic E-state index is 0.168. The first-order valence-corrected chi connectivity index (χ1v) is 7.16. The molecule has 0 atom stereocenters. The van der Waals surface area contributed by atoms with Crippen LogP contribution < -0.4 is 5.32 Å². The number of phenolic OH excluding ortho intramolecular Hbond substituents is 1. The monoisotopic (exact) mass is 336 g/mol. The zero-order chi connectivity index (χ0) is 14.9. The zero-order valence-corrected chi connectivity index (χ0v) is 13.2. The van der Waals surface area contributed by atoms with Crippen LogP contribution in [0.2, 0.25) is 0 Å². The van der Waals surface area contributed by atoms with E-state index in [-0.39, 0.29) is 17.7 Å². The summed E-state index contributed by atoms with van der Waals surface area (Å²) in [5.74, 6) is 0.0204. The van der Waals surface area contributed by atoms with Gasteiger partial charge in [0.15, 0.2) is 0 Å². The number of aromatic nitrogens is 1. The van der Waals surface area contributed by atoms with Crippen LogP contribution in [0.25, 0.3) is 0 Å². The molecule has 0 radical (unpaired) electrons. The highest BCUT2D eigenvalue weighted by Crippen LogP contribution is 2.23. The van der Waals surface area contributed by atoms with Crippen LogP contribution in [0, 0.1) is 6.92 Å². The molecule has 0 aliphatic carbocycles. The second-order valence-electron chi connectivity index (χ2n) is 5.00. The van der Waals surface area contributed by atoms with Gasteiger partial charge >= 0.3 is 0 Å². The van der Waals surface area contributed by atoms with Crippen molar-refractivity contribution in [3.8, 4) is 5.75 Å². The zero-order valence-electron chi connectivity index (χ0n) is 11.6. The van der Waals surface area contributed by atoms with Gasteiger partial charge in [-0.05, 0) is 66.5 Å².